The van der Waals surface area contributed by atoms with Crippen molar-refractivity contribution in [2.24, 2.45) is 5.11 Å². The summed E-state index contributed by atoms with van der Waals surface area (Å²) in [4.78, 5) is 15.9. The first-order valence-electron chi connectivity index (χ1n) is 13.1. The highest BCUT2D eigenvalue weighted by molar-refractivity contribution is 7.89. The molecule has 45 heavy (non-hydrogen) atoms. The second-order valence-electron chi connectivity index (χ2n) is 10.7. The van der Waals surface area contributed by atoms with Gasteiger partial charge in [-0.15, -0.1) is 0 Å². The molecule has 4 rings (SSSR count). The summed E-state index contributed by atoms with van der Waals surface area (Å²) in [6.45, 7) is 4.71. The Balaban J connectivity index is 1.73. The zero-order valence-corrected chi connectivity index (χ0v) is 25.2. The molecule has 16 heteroatoms. The summed E-state index contributed by atoms with van der Waals surface area (Å²) >= 11 is 0. The fraction of sp³-hybridized carbons (Fsp3) is 0.241. The van der Waals surface area contributed by atoms with Crippen molar-refractivity contribution in [3.8, 4) is 22.6 Å². The molecule has 1 heterocycles. The van der Waals surface area contributed by atoms with Gasteiger partial charge in [0.05, 0.1) is 29.9 Å². The van der Waals surface area contributed by atoms with Crippen LogP contribution in [0.25, 0.3) is 27.3 Å². The number of methoxy groups -OCH3 is 1. The molecule has 236 valence electrons. The average Bonchev–Trinajstić information content (AvgIpc) is 3.42. The lowest BCUT2D eigenvalue weighted by atomic mass is 10.0. The number of hydrogen-bond acceptors (Lipinski definition) is 6. The highest BCUT2D eigenvalue weighted by Crippen LogP contribution is 2.33. The van der Waals surface area contributed by atoms with Crippen molar-refractivity contribution in [3.05, 3.63) is 99.9 Å². The quantitative estimate of drug-likeness (QED) is 0.0884. The lowest BCUT2D eigenvalue weighted by Crippen LogP contribution is -2.40. The third-order valence-corrected chi connectivity index (χ3v) is 8.01. The predicted octanol–water partition coefficient (Wildman–Crippen LogP) is 6.85. The summed E-state index contributed by atoms with van der Waals surface area (Å²) in [5.41, 5.74) is 6.15. The fourth-order valence-corrected chi connectivity index (χ4v) is 6.01. The van der Waals surface area contributed by atoms with Gasteiger partial charge in [-0.25, -0.2) is 22.2 Å². The number of carbonyl (C=O) groups is 1. The molecule has 4 aromatic rings. The number of halogens is 4. The van der Waals surface area contributed by atoms with Gasteiger partial charge < -0.3 is 10.1 Å². The number of sulfonamides is 1. The molecule has 0 unspecified atom stereocenters. The number of nitrogens with one attached hydrogen (secondary N) is 2. The van der Waals surface area contributed by atoms with Gasteiger partial charge in [-0.1, -0.05) is 29.4 Å². The van der Waals surface area contributed by atoms with Crippen LogP contribution in [0.3, 0.4) is 0 Å². The number of alkyl halides is 3. The molecular weight excluding hydrogens is 618 g/mol. The molecule has 0 aliphatic rings. The molecule has 1 aromatic heterocycles. The van der Waals surface area contributed by atoms with Crippen LogP contribution in [0.2, 0.25) is 0 Å². The lowest BCUT2D eigenvalue weighted by Gasteiger charge is -2.21. The summed E-state index contributed by atoms with van der Waals surface area (Å²) in [5, 5.41) is 9.29. The number of nitrogens with zero attached hydrogens (tertiary/aromatic N) is 5. The number of azide groups is 1. The third kappa shape index (κ3) is 7.60. The van der Waals surface area contributed by atoms with Gasteiger partial charge in [0.2, 0.25) is 10.0 Å². The SMILES string of the molecule is COc1ccc(-n2nc(C(F)(F)F)cc2C(=O)Nc2ccc(-c3ccccc3S(=O)(=O)NC(C)(C)C)cc2F)c(CN=[N+]=[N-])c1. The number of ether oxygens (including phenoxy) is 1. The van der Waals surface area contributed by atoms with Crippen molar-refractivity contribution in [3.63, 3.8) is 0 Å². The Morgan fingerprint density at radius 3 is 2.40 bits per heavy atom. The number of rotatable bonds is 9. The van der Waals surface area contributed by atoms with Crippen LogP contribution < -0.4 is 14.8 Å². The van der Waals surface area contributed by atoms with Crippen LogP contribution >= 0.6 is 0 Å². The first kappa shape index (κ1) is 33.0. The molecule has 0 aliphatic carbocycles. The molecule has 1 amide bonds. The van der Waals surface area contributed by atoms with Crippen LogP contribution in [-0.4, -0.2) is 36.8 Å². The van der Waals surface area contributed by atoms with Crippen molar-refractivity contribution < 1.29 is 35.5 Å². The summed E-state index contributed by atoms with van der Waals surface area (Å²) in [5.74, 6) is -1.80. The highest BCUT2D eigenvalue weighted by atomic mass is 32.2. The first-order chi connectivity index (χ1) is 21.0. The van der Waals surface area contributed by atoms with Crippen LogP contribution in [0.1, 0.15) is 42.5 Å². The van der Waals surface area contributed by atoms with E-state index in [4.69, 9.17) is 10.3 Å². The fourth-order valence-electron chi connectivity index (χ4n) is 4.36. The van der Waals surface area contributed by atoms with Crippen LogP contribution in [0.15, 0.2) is 76.7 Å². The topological polar surface area (TPSA) is 151 Å². The van der Waals surface area contributed by atoms with E-state index in [9.17, 15) is 26.4 Å². The van der Waals surface area contributed by atoms with Gasteiger partial charge in [0.15, 0.2) is 5.69 Å². The van der Waals surface area contributed by atoms with Crippen molar-refractivity contribution in [1.82, 2.24) is 14.5 Å². The van der Waals surface area contributed by atoms with E-state index in [1.165, 1.54) is 49.6 Å². The zero-order chi connectivity index (χ0) is 33.2. The molecular formula is C29H27F4N7O4S. The van der Waals surface area contributed by atoms with E-state index in [-0.39, 0.29) is 39.5 Å². The third-order valence-electron chi connectivity index (χ3n) is 6.20. The van der Waals surface area contributed by atoms with Crippen LogP contribution in [-0.2, 0) is 22.7 Å². The second-order valence-corrected chi connectivity index (χ2v) is 12.4. The van der Waals surface area contributed by atoms with E-state index < -0.39 is 44.9 Å². The van der Waals surface area contributed by atoms with Gasteiger partial charge in [-0.05, 0) is 73.8 Å². The number of benzene rings is 3. The minimum absolute atomic E-state index is 0.0126. The number of amides is 1. The Labute approximate surface area is 255 Å². The number of aromatic nitrogens is 2. The summed E-state index contributed by atoms with van der Waals surface area (Å²) in [6, 6.07) is 14.1. The van der Waals surface area contributed by atoms with E-state index in [0.717, 1.165) is 16.8 Å². The van der Waals surface area contributed by atoms with Gasteiger partial charge in [-0.3, -0.25) is 4.79 Å². The van der Waals surface area contributed by atoms with Crippen LogP contribution in [0, 0.1) is 5.82 Å². The van der Waals surface area contributed by atoms with Gasteiger partial charge in [-0.2, -0.15) is 18.3 Å². The average molecular weight is 646 g/mol. The molecule has 0 spiro atoms. The van der Waals surface area contributed by atoms with Gasteiger partial charge in [0, 0.05) is 22.1 Å². The molecule has 0 fully saturated rings. The van der Waals surface area contributed by atoms with E-state index in [2.05, 4.69) is 25.2 Å². The number of carbonyl (C=O) groups excluding carboxylic acids is 1. The number of anilines is 1. The maximum absolute atomic E-state index is 15.4. The maximum atomic E-state index is 15.4. The van der Waals surface area contributed by atoms with Crippen molar-refractivity contribution in [2.75, 3.05) is 12.4 Å². The van der Waals surface area contributed by atoms with Crippen molar-refractivity contribution in [2.45, 2.75) is 43.9 Å². The molecule has 0 saturated carbocycles. The van der Waals surface area contributed by atoms with Crippen LogP contribution in [0.5, 0.6) is 5.75 Å². The maximum Gasteiger partial charge on any atom is 0.435 e. The molecule has 2 N–H and O–H groups in total. The Hall–Kier alpha value is -4.92. The summed E-state index contributed by atoms with van der Waals surface area (Å²) < 4.78 is 90.9. The molecule has 0 atom stereocenters. The van der Waals surface area contributed by atoms with E-state index >= 15 is 4.39 Å². The Kier molecular flexibility index (Phi) is 9.23. The molecule has 0 aliphatic heterocycles. The zero-order valence-electron chi connectivity index (χ0n) is 24.3. The standard InChI is InChI=1S/C29H27F4N7O4S/c1-28(2,3)38-45(42,43)25-8-6-5-7-20(25)17-9-11-22(21(30)14-17)36-27(41)24-15-26(29(31,32)33)37-40(24)23-12-10-19(44-4)13-18(23)16-35-39-34/h5-15,38H,16H2,1-4H3,(H,36,41). The Bertz CT molecular complexity index is 1910. The molecule has 0 radical (unpaired) electrons. The van der Waals surface area contributed by atoms with Gasteiger partial charge in [0.1, 0.15) is 17.3 Å². The predicted molar refractivity (Wildman–Crippen MR) is 158 cm³/mol. The highest BCUT2D eigenvalue weighted by Gasteiger charge is 2.36. The minimum atomic E-state index is -4.93. The Morgan fingerprint density at radius 2 is 1.78 bits per heavy atom. The van der Waals surface area contributed by atoms with Crippen molar-refractivity contribution >= 4 is 21.6 Å². The lowest BCUT2D eigenvalue weighted by molar-refractivity contribution is -0.141. The van der Waals surface area contributed by atoms with E-state index in [0.29, 0.717) is 11.8 Å². The van der Waals surface area contributed by atoms with Crippen molar-refractivity contribution in [1.29, 1.82) is 0 Å². The van der Waals surface area contributed by atoms with Crippen LogP contribution in [0.4, 0.5) is 23.2 Å². The molecule has 11 nitrogen and oxygen atoms in total. The molecule has 0 saturated heterocycles. The largest absolute Gasteiger partial charge is 0.497 e. The molecule has 0 bridgehead atoms. The first-order valence-corrected chi connectivity index (χ1v) is 14.6. The minimum Gasteiger partial charge on any atom is -0.497 e. The van der Waals surface area contributed by atoms with Gasteiger partial charge >= 0.3 is 6.18 Å². The summed E-state index contributed by atoms with van der Waals surface area (Å²) in [7, 11) is -2.65. The Morgan fingerprint density at radius 1 is 1.07 bits per heavy atom. The monoisotopic (exact) mass is 645 g/mol. The number of hydrogen-bond donors (Lipinski definition) is 2. The van der Waals surface area contributed by atoms with Gasteiger partial charge in [0.25, 0.3) is 5.91 Å². The smallest absolute Gasteiger partial charge is 0.435 e. The van der Waals surface area contributed by atoms with E-state index in [1.54, 1.807) is 26.8 Å². The summed E-state index contributed by atoms with van der Waals surface area (Å²) in [6.07, 6.45) is -4.93. The normalized spacial score (nSPS) is 12.0. The second kappa shape index (κ2) is 12.6. The molecule has 3 aromatic carbocycles. The van der Waals surface area contributed by atoms with E-state index in [1.807, 2.05) is 0 Å².